The number of rotatable bonds is 7. The number of carbonyl (C=O) groups excluding carboxylic acids is 1. The zero-order valence-electron chi connectivity index (χ0n) is 15.4. The van der Waals surface area contributed by atoms with Gasteiger partial charge in [-0.2, -0.15) is 0 Å². The van der Waals surface area contributed by atoms with Crippen LogP contribution >= 0.6 is 23.7 Å². The van der Waals surface area contributed by atoms with Gasteiger partial charge in [-0.15, -0.1) is 23.7 Å². The predicted octanol–water partition coefficient (Wildman–Crippen LogP) is 4.87. The van der Waals surface area contributed by atoms with E-state index in [1.165, 1.54) is 23.1 Å². The summed E-state index contributed by atoms with van der Waals surface area (Å²) in [6.45, 7) is 1.02. The standard InChI is InChI=1S/C21H21FN2O2S.ClH/c1-24(14-18-3-2-12-27-18)21(25)19-13-17(8-9-20(19)22)26-16-6-4-15(5-7-16)10-11-23;/h2-9,12-13H,10-11,14,23H2,1H3;1H. The molecule has 3 rings (SSSR count). The summed E-state index contributed by atoms with van der Waals surface area (Å²) in [6, 6.07) is 15.6. The molecule has 1 aromatic heterocycles. The summed E-state index contributed by atoms with van der Waals surface area (Å²) in [5.41, 5.74) is 6.66. The van der Waals surface area contributed by atoms with Gasteiger partial charge >= 0.3 is 0 Å². The third-order valence-electron chi connectivity index (χ3n) is 4.08. The van der Waals surface area contributed by atoms with Crippen molar-refractivity contribution in [3.05, 3.63) is 81.8 Å². The van der Waals surface area contributed by atoms with Gasteiger partial charge in [-0.3, -0.25) is 4.79 Å². The number of ether oxygens (including phenoxy) is 1. The molecule has 2 N–H and O–H groups in total. The molecule has 0 aliphatic carbocycles. The molecule has 7 heteroatoms. The minimum atomic E-state index is -0.566. The van der Waals surface area contributed by atoms with Gasteiger partial charge in [-0.05, 0) is 60.3 Å². The van der Waals surface area contributed by atoms with Gasteiger partial charge in [0.05, 0.1) is 12.1 Å². The highest BCUT2D eigenvalue weighted by Gasteiger charge is 2.18. The first-order valence-corrected chi connectivity index (χ1v) is 9.49. The van der Waals surface area contributed by atoms with Crippen molar-refractivity contribution >= 4 is 29.7 Å². The van der Waals surface area contributed by atoms with E-state index in [0.29, 0.717) is 24.6 Å². The first-order valence-electron chi connectivity index (χ1n) is 8.61. The minimum Gasteiger partial charge on any atom is -0.457 e. The topological polar surface area (TPSA) is 55.6 Å². The fourth-order valence-corrected chi connectivity index (χ4v) is 3.43. The maximum Gasteiger partial charge on any atom is 0.257 e. The molecule has 0 aliphatic rings. The number of hydrogen-bond acceptors (Lipinski definition) is 4. The van der Waals surface area contributed by atoms with E-state index < -0.39 is 5.82 Å². The number of amides is 1. The van der Waals surface area contributed by atoms with Crippen LogP contribution in [0.4, 0.5) is 4.39 Å². The smallest absolute Gasteiger partial charge is 0.257 e. The molecular formula is C21H22ClFN2O2S. The van der Waals surface area contributed by atoms with E-state index in [9.17, 15) is 9.18 Å². The molecule has 1 heterocycles. The highest BCUT2D eigenvalue weighted by Crippen LogP contribution is 2.25. The Morgan fingerprint density at radius 2 is 1.86 bits per heavy atom. The third kappa shape index (κ3) is 5.55. The van der Waals surface area contributed by atoms with E-state index in [0.717, 1.165) is 16.9 Å². The minimum absolute atomic E-state index is 0. The van der Waals surface area contributed by atoms with Crippen LogP contribution in [0, 0.1) is 5.82 Å². The first kappa shape index (κ1) is 21.9. The van der Waals surface area contributed by atoms with Crippen molar-refractivity contribution in [2.45, 2.75) is 13.0 Å². The molecule has 0 aliphatic heterocycles. The fraction of sp³-hybridized carbons (Fsp3) is 0.190. The number of hydrogen-bond donors (Lipinski definition) is 1. The van der Waals surface area contributed by atoms with Crippen LogP contribution in [-0.2, 0) is 13.0 Å². The van der Waals surface area contributed by atoms with Crippen LogP contribution in [0.25, 0.3) is 0 Å². The normalized spacial score (nSPS) is 10.2. The van der Waals surface area contributed by atoms with Gasteiger partial charge < -0.3 is 15.4 Å². The molecule has 0 radical (unpaired) electrons. The van der Waals surface area contributed by atoms with Crippen molar-refractivity contribution in [1.29, 1.82) is 0 Å². The van der Waals surface area contributed by atoms with Gasteiger partial charge in [0.25, 0.3) is 5.91 Å². The van der Waals surface area contributed by atoms with E-state index in [1.807, 2.05) is 41.8 Å². The molecule has 148 valence electrons. The number of nitrogens with zero attached hydrogens (tertiary/aromatic N) is 1. The Labute approximate surface area is 174 Å². The van der Waals surface area contributed by atoms with Crippen LogP contribution in [0.15, 0.2) is 60.0 Å². The lowest BCUT2D eigenvalue weighted by molar-refractivity contribution is 0.0781. The van der Waals surface area contributed by atoms with Crippen molar-refractivity contribution in [2.75, 3.05) is 13.6 Å². The van der Waals surface area contributed by atoms with Gasteiger partial charge in [-0.1, -0.05) is 18.2 Å². The van der Waals surface area contributed by atoms with Gasteiger partial charge in [0.15, 0.2) is 0 Å². The lowest BCUT2D eigenvalue weighted by Gasteiger charge is -2.17. The average molecular weight is 421 g/mol. The SMILES string of the molecule is CN(Cc1cccs1)C(=O)c1cc(Oc2ccc(CCN)cc2)ccc1F.Cl. The second-order valence-electron chi connectivity index (χ2n) is 6.17. The van der Waals surface area contributed by atoms with E-state index in [4.69, 9.17) is 10.5 Å². The molecule has 2 aromatic carbocycles. The van der Waals surface area contributed by atoms with Crippen LogP contribution in [0.5, 0.6) is 11.5 Å². The zero-order valence-corrected chi connectivity index (χ0v) is 17.1. The quantitative estimate of drug-likeness (QED) is 0.593. The number of nitrogens with two attached hydrogens (primary N) is 1. The molecule has 0 saturated heterocycles. The van der Waals surface area contributed by atoms with Gasteiger partial charge in [0.2, 0.25) is 0 Å². The van der Waals surface area contributed by atoms with Crippen LogP contribution < -0.4 is 10.5 Å². The van der Waals surface area contributed by atoms with Crippen molar-refractivity contribution in [3.63, 3.8) is 0 Å². The second kappa shape index (κ2) is 10.2. The Morgan fingerprint density at radius 1 is 1.14 bits per heavy atom. The van der Waals surface area contributed by atoms with E-state index >= 15 is 0 Å². The number of carbonyl (C=O) groups is 1. The number of benzene rings is 2. The lowest BCUT2D eigenvalue weighted by Crippen LogP contribution is -2.26. The highest BCUT2D eigenvalue weighted by atomic mass is 35.5. The maximum atomic E-state index is 14.2. The average Bonchev–Trinajstić information content (AvgIpc) is 3.17. The van der Waals surface area contributed by atoms with Crippen molar-refractivity contribution in [1.82, 2.24) is 4.90 Å². The second-order valence-corrected chi connectivity index (χ2v) is 7.20. The van der Waals surface area contributed by atoms with Gasteiger partial charge in [-0.25, -0.2) is 4.39 Å². The van der Waals surface area contributed by atoms with Crippen molar-refractivity contribution in [2.24, 2.45) is 5.73 Å². The summed E-state index contributed by atoms with van der Waals surface area (Å²) in [7, 11) is 1.66. The molecule has 0 bridgehead atoms. The summed E-state index contributed by atoms with van der Waals surface area (Å²) >= 11 is 1.56. The van der Waals surface area contributed by atoms with Crippen molar-refractivity contribution < 1.29 is 13.9 Å². The molecule has 0 saturated carbocycles. The molecule has 0 unspecified atom stereocenters. The predicted molar refractivity (Wildman–Crippen MR) is 113 cm³/mol. The highest BCUT2D eigenvalue weighted by molar-refractivity contribution is 7.09. The van der Waals surface area contributed by atoms with Crippen LogP contribution in [0.1, 0.15) is 20.8 Å². The Morgan fingerprint density at radius 3 is 2.50 bits per heavy atom. The molecule has 0 spiro atoms. The van der Waals surface area contributed by atoms with E-state index in [1.54, 1.807) is 18.4 Å². The number of halogens is 2. The first-order chi connectivity index (χ1) is 13.1. The Hall–Kier alpha value is -2.41. The molecule has 28 heavy (non-hydrogen) atoms. The Kier molecular flexibility index (Phi) is 7.99. The maximum absolute atomic E-state index is 14.2. The summed E-state index contributed by atoms with van der Waals surface area (Å²) < 4.78 is 20.0. The van der Waals surface area contributed by atoms with Gasteiger partial charge in [0.1, 0.15) is 17.3 Å². The largest absolute Gasteiger partial charge is 0.457 e. The summed E-state index contributed by atoms with van der Waals surface area (Å²) in [5.74, 6) is 0.0804. The zero-order chi connectivity index (χ0) is 19.2. The molecule has 0 atom stereocenters. The molecular weight excluding hydrogens is 399 g/mol. The van der Waals surface area contributed by atoms with E-state index in [-0.39, 0.29) is 23.9 Å². The molecule has 3 aromatic rings. The van der Waals surface area contributed by atoms with E-state index in [2.05, 4.69) is 0 Å². The summed E-state index contributed by atoms with van der Waals surface area (Å²) in [6.07, 6.45) is 0.798. The monoisotopic (exact) mass is 420 g/mol. The summed E-state index contributed by atoms with van der Waals surface area (Å²) in [4.78, 5) is 15.2. The van der Waals surface area contributed by atoms with Crippen molar-refractivity contribution in [3.8, 4) is 11.5 Å². The Bertz CT molecular complexity index is 901. The summed E-state index contributed by atoms with van der Waals surface area (Å²) in [5, 5.41) is 1.95. The Balaban J connectivity index is 0.00000280. The van der Waals surface area contributed by atoms with Gasteiger partial charge in [0, 0.05) is 11.9 Å². The fourth-order valence-electron chi connectivity index (χ4n) is 2.67. The van der Waals surface area contributed by atoms with Crippen LogP contribution in [0.3, 0.4) is 0 Å². The number of thiophene rings is 1. The lowest BCUT2D eigenvalue weighted by atomic mass is 10.1. The third-order valence-corrected chi connectivity index (χ3v) is 4.94. The molecule has 1 amide bonds. The van der Waals surface area contributed by atoms with Crippen LogP contribution in [-0.4, -0.2) is 24.4 Å². The molecule has 4 nitrogen and oxygen atoms in total. The van der Waals surface area contributed by atoms with Crippen LogP contribution in [0.2, 0.25) is 0 Å². The molecule has 0 fully saturated rings.